The fourth-order valence-corrected chi connectivity index (χ4v) is 5.90. The Kier molecular flexibility index (Phi) is 5.14. The molecule has 0 amide bonds. The molecule has 22 heavy (non-hydrogen) atoms. The van der Waals surface area contributed by atoms with Crippen LogP contribution in [0, 0.1) is 22.7 Å². The first-order chi connectivity index (χ1) is 10.1. The van der Waals surface area contributed by atoms with Crippen LogP contribution in [0.5, 0.6) is 0 Å². The summed E-state index contributed by atoms with van der Waals surface area (Å²) in [6.07, 6.45) is 9.90. The van der Waals surface area contributed by atoms with Crippen LogP contribution in [0.1, 0.15) is 79.6 Å². The molecule has 2 rings (SSSR count). The highest BCUT2D eigenvalue weighted by Crippen LogP contribution is 2.62. The van der Waals surface area contributed by atoms with Crippen molar-refractivity contribution in [3.63, 3.8) is 0 Å². The Morgan fingerprint density at radius 1 is 1.14 bits per heavy atom. The molecule has 0 aromatic carbocycles. The van der Waals surface area contributed by atoms with E-state index in [1.165, 1.54) is 31.3 Å². The van der Waals surface area contributed by atoms with E-state index >= 15 is 0 Å². The summed E-state index contributed by atoms with van der Waals surface area (Å²) in [5.41, 5.74) is 1.36. The van der Waals surface area contributed by atoms with Gasteiger partial charge in [-0.15, -0.1) is 0 Å². The van der Waals surface area contributed by atoms with Gasteiger partial charge in [-0.1, -0.05) is 38.8 Å². The van der Waals surface area contributed by atoms with E-state index in [1.54, 1.807) is 0 Å². The average Bonchev–Trinajstić information content (AvgIpc) is 2.36. The highest BCUT2D eigenvalue weighted by molar-refractivity contribution is 5.09. The van der Waals surface area contributed by atoms with E-state index in [4.69, 9.17) is 5.11 Å². The van der Waals surface area contributed by atoms with Crippen molar-refractivity contribution in [3.05, 3.63) is 11.6 Å². The lowest BCUT2D eigenvalue weighted by atomic mass is 9.45. The summed E-state index contributed by atoms with van der Waals surface area (Å²) in [6.45, 7) is 11.6. The minimum atomic E-state index is -0.543. The Hall–Kier alpha value is -0.340. The normalized spacial score (nSPS) is 42.0. The minimum absolute atomic E-state index is 0.125. The molecule has 0 aliphatic heterocycles. The molecule has 2 aliphatic carbocycles. The lowest BCUT2D eigenvalue weighted by molar-refractivity contribution is -0.168. The van der Waals surface area contributed by atoms with Gasteiger partial charge in [0.25, 0.3) is 0 Å². The maximum atomic E-state index is 11.1. The SMILES string of the molecule is CC(=CCO)CCC1[C@@]2(C)CCCC(C)(C)C2CC[C@@]1(C)O. The van der Waals surface area contributed by atoms with Crippen molar-refractivity contribution in [2.75, 3.05) is 6.61 Å². The summed E-state index contributed by atoms with van der Waals surface area (Å²) in [5.74, 6) is 1.08. The molecule has 2 saturated carbocycles. The molecule has 128 valence electrons. The number of aliphatic hydroxyl groups is 2. The highest BCUT2D eigenvalue weighted by atomic mass is 16.3. The van der Waals surface area contributed by atoms with Crippen LogP contribution in [0.2, 0.25) is 0 Å². The van der Waals surface area contributed by atoms with Gasteiger partial charge in [0.1, 0.15) is 0 Å². The van der Waals surface area contributed by atoms with Gasteiger partial charge in [0, 0.05) is 0 Å². The van der Waals surface area contributed by atoms with Crippen molar-refractivity contribution < 1.29 is 10.2 Å². The van der Waals surface area contributed by atoms with Crippen LogP contribution in [0.3, 0.4) is 0 Å². The predicted octanol–water partition coefficient (Wildman–Crippen LogP) is 4.70. The second kappa shape index (κ2) is 6.28. The van der Waals surface area contributed by atoms with Gasteiger partial charge in [0.2, 0.25) is 0 Å². The van der Waals surface area contributed by atoms with Crippen LogP contribution in [0.4, 0.5) is 0 Å². The van der Waals surface area contributed by atoms with E-state index in [2.05, 4.69) is 34.6 Å². The smallest absolute Gasteiger partial charge is 0.0653 e. The van der Waals surface area contributed by atoms with Gasteiger partial charge < -0.3 is 10.2 Å². The summed E-state index contributed by atoms with van der Waals surface area (Å²) >= 11 is 0. The molecule has 0 spiro atoms. The van der Waals surface area contributed by atoms with E-state index < -0.39 is 5.60 Å². The second-order valence-corrected chi connectivity index (χ2v) is 9.12. The molecule has 0 aromatic rings. The van der Waals surface area contributed by atoms with Crippen LogP contribution in [0.15, 0.2) is 11.6 Å². The lowest BCUT2D eigenvalue weighted by Gasteiger charge is -2.61. The molecule has 2 aliphatic rings. The van der Waals surface area contributed by atoms with Crippen molar-refractivity contribution >= 4 is 0 Å². The van der Waals surface area contributed by atoms with Crippen molar-refractivity contribution in [2.45, 2.75) is 85.2 Å². The fourth-order valence-electron chi connectivity index (χ4n) is 5.90. The zero-order chi connectivity index (χ0) is 16.6. The maximum Gasteiger partial charge on any atom is 0.0653 e. The topological polar surface area (TPSA) is 40.5 Å². The molecule has 4 atom stereocenters. The number of hydrogen-bond donors (Lipinski definition) is 2. The second-order valence-electron chi connectivity index (χ2n) is 9.12. The van der Waals surface area contributed by atoms with E-state index in [0.29, 0.717) is 11.3 Å². The monoisotopic (exact) mass is 308 g/mol. The summed E-state index contributed by atoms with van der Waals surface area (Å²) in [5, 5.41) is 20.1. The zero-order valence-electron chi connectivity index (χ0n) is 15.3. The van der Waals surface area contributed by atoms with Gasteiger partial charge in [-0.05, 0) is 75.0 Å². The van der Waals surface area contributed by atoms with Crippen LogP contribution in [0.25, 0.3) is 0 Å². The first-order valence-corrected chi connectivity index (χ1v) is 9.12. The van der Waals surface area contributed by atoms with Gasteiger partial charge in [-0.25, -0.2) is 0 Å². The first-order valence-electron chi connectivity index (χ1n) is 9.12. The number of allylic oxidation sites excluding steroid dienone is 1. The zero-order valence-corrected chi connectivity index (χ0v) is 15.3. The molecule has 0 heterocycles. The molecule has 2 unspecified atom stereocenters. The minimum Gasteiger partial charge on any atom is -0.392 e. The lowest BCUT2D eigenvalue weighted by Crippen LogP contribution is -2.57. The van der Waals surface area contributed by atoms with Crippen LogP contribution < -0.4 is 0 Å². The van der Waals surface area contributed by atoms with E-state index in [0.717, 1.165) is 25.2 Å². The van der Waals surface area contributed by atoms with Gasteiger partial charge in [0.15, 0.2) is 0 Å². The summed E-state index contributed by atoms with van der Waals surface area (Å²) in [7, 11) is 0. The maximum absolute atomic E-state index is 11.1. The number of hydrogen-bond acceptors (Lipinski definition) is 2. The van der Waals surface area contributed by atoms with Gasteiger partial charge in [-0.2, -0.15) is 0 Å². The number of rotatable bonds is 4. The molecular formula is C20H36O2. The molecule has 2 heteroatoms. The third-order valence-electron chi connectivity index (χ3n) is 7.03. The molecule has 2 fully saturated rings. The Bertz CT molecular complexity index is 421. The third-order valence-corrected chi connectivity index (χ3v) is 7.03. The summed E-state index contributed by atoms with van der Waals surface area (Å²) in [4.78, 5) is 0. The molecule has 2 nitrogen and oxygen atoms in total. The molecule has 0 radical (unpaired) electrons. The van der Waals surface area contributed by atoms with Crippen molar-refractivity contribution in [2.24, 2.45) is 22.7 Å². The van der Waals surface area contributed by atoms with Crippen molar-refractivity contribution in [3.8, 4) is 0 Å². The Morgan fingerprint density at radius 2 is 1.82 bits per heavy atom. The van der Waals surface area contributed by atoms with E-state index in [1.807, 2.05) is 6.08 Å². The molecular weight excluding hydrogens is 272 g/mol. The van der Waals surface area contributed by atoms with E-state index in [9.17, 15) is 5.11 Å². The average molecular weight is 309 g/mol. The number of fused-ring (bicyclic) bond motifs is 1. The van der Waals surface area contributed by atoms with Gasteiger partial charge in [0.05, 0.1) is 12.2 Å². The van der Waals surface area contributed by atoms with Crippen molar-refractivity contribution in [1.29, 1.82) is 0 Å². The largest absolute Gasteiger partial charge is 0.392 e. The standard InChI is InChI=1S/C20H36O2/c1-15(10-14-21)7-8-17-19(4)12-6-11-18(2,3)16(19)9-13-20(17,5)22/h10,16-17,21-22H,6-9,11-14H2,1-5H3/t16?,17?,19-,20+/m0/s1. The summed E-state index contributed by atoms with van der Waals surface area (Å²) in [6, 6.07) is 0. The van der Waals surface area contributed by atoms with Crippen LogP contribution >= 0.6 is 0 Å². The number of aliphatic hydroxyl groups excluding tert-OH is 1. The molecule has 0 aromatic heterocycles. The van der Waals surface area contributed by atoms with E-state index in [-0.39, 0.29) is 12.0 Å². The third kappa shape index (κ3) is 3.28. The highest BCUT2D eigenvalue weighted by Gasteiger charge is 2.57. The first kappa shape index (κ1) is 18.0. The molecule has 0 bridgehead atoms. The quantitative estimate of drug-likeness (QED) is 0.739. The molecule has 0 saturated heterocycles. The van der Waals surface area contributed by atoms with Gasteiger partial charge >= 0.3 is 0 Å². The van der Waals surface area contributed by atoms with Crippen molar-refractivity contribution in [1.82, 2.24) is 0 Å². The Labute approximate surface area is 137 Å². The van der Waals surface area contributed by atoms with Crippen LogP contribution in [-0.2, 0) is 0 Å². The van der Waals surface area contributed by atoms with Crippen LogP contribution in [-0.4, -0.2) is 22.4 Å². The Balaban J connectivity index is 2.24. The molecule has 2 N–H and O–H groups in total. The predicted molar refractivity (Wildman–Crippen MR) is 92.7 cm³/mol. The van der Waals surface area contributed by atoms with Gasteiger partial charge in [-0.3, -0.25) is 0 Å². The summed E-state index contributed by atoms with van der Waals surface area (Å²) < 4.78 is 0. The Morgan fingerprint density at radius 3 is 2.45 bits per heavy atom. The fraction of sp³-hybridized carbons (Fsp3) is 0.900.